The van der Waals surface area contributed by atoms with Crippen LogP contribution in [0.15, 0.2) is 164 Å². The van der Waals surface area contributed by atoms with Gasteiger partial charge < -0.3 is 4.57 Å². The number of hydrogen-bond acceptors (Lipinski definition) is 2. The SMILES string of the molecule is c1ccc2c(-n3c4ccccc4c4cc(-c5ccc(-c6ccc7c(c6)c6ccccc6c6nccnc76)cc5)ccc43)cccc2c1. The highest BCUT2D eigenvalue weighted by Gasteiger charge is 2.15. The standard InChI is InChI=1S/C44H27N3/c1-2-10-33-30(8-1)9-7-15-40(33)47-41-14-6-5-12-35(41)39-27-32(21-23-42(39)47)29-18-16-28(17-19-29)31-20-22-37-38(26-31)34-11-3-4-13-36(34)43-44(37)46-25-24-45-43/h1-27H. The third-order valence-corrected chi connectivity index (χ3v) is 9.68. The summed E-state index contributed by atoms with van der Waals surface area (Å²) in [5.41, 5.74) is 10.3. The highest BCUT2D eigenvalue weighted by atomic mass is 15.0. The zero-order valence-corrected chi connectivity index (χ0v) is 25.4. The van der Waals surface area contributed by atoms with E-state index in [1.165, 1.54) is 71.3 Å². The highest BCUT2D eigenvalue weighted by molar-refractivity contribution is 6.23. The molecule has 0 unspecified atom stereocenters. The Kier molecular flexibility index (Phi) is 5.57. The van der Waals surface area contributed by atoms with Gasteiger partial charge >= 0.3 is 0 Å². The van der Waals surface area contributed by atoms with Crippen LogP contribution in [0.25, 0.3) is 93.1 Å². The van der Waals surface area contributed by atoms with E-state index in [0.29, 0.717) is 0 Å². The number of rotatable bonds is 3. The molecule has 0 amide bonds. The Bertz CT molecular complexity index is 2800. The van der Waals surface area contributed by atoms with Gasteiger partial charge in [-0.15, -0.1) is 0 Å². The number of fused-ring (bicyclic) bond motifs is 10. The molecule has 3 heteroatoms. The van der Waals surface area contributed by atoms with Gasteiger partial charge in [-0.2, -0.15) is 0 Å². The molecule has 10 aromatic rings. The third-order valence-electron chi connectivity index (χ3n) is 9.68. The van der Waals surface area contributed by atoms with Crippen LogP contribution in [0.3, 0.4) is 0 Å². The molecule has 0 atom stereocenters. The van der Waals surface area contributed by atoms with Crippen molar-refractivity contribution in [2.24, 2.45) is 0 Å². The zero-order valence-electron chi connectivity index (χ0n) is 25.4. The Labute approximate surface area is 271 Å². The Morgan fingerprint density at radius 3 is 1.64 bits per heavy atom. The van der Waals surface area contributed by atoms with Crippen LogP contribution in [0.4, 0.5) is 0 Å². The first-order chi connectivity index (χ1) is 23.3. The van der Waals surface area contributed by atoms with Gasteiger partial charge in [0.25, 0.3) is 0 Å². The fourth-order valence-electron chi connectivity index (χ4n) is 7.48. The second kappa shape index (κ2) is 10.1. The first-order valence-corrected chi connectivity index (χ1v) is 16.0. The topological polar surface area (TPSA) is 30.7 Å². The third kappa shape index (κ3) is 3.93. The minimum absolute atomic E-state index is 0.945. The maximum Gasteiger partial charge on any atom is 0.0971 e. The molecule has 0 bridgehead atoms. The van der Waals surface area contributed by atoms with Crippen molar-refractivity contribution in [3.63, 3.8) is 0 Å². The van der Waals surface area contributed by atoms with Crippen molar-refractivity contribution in [3.8, 4) is 27.9 Å². The minimum Gasteiger partial charge on any atom is -0.309 e. The fraction of sp³-hybridized carbons (Fsp3) is 0. The molecule has 0 aliphatic carbocycles. The van der Waals surface area contributed by atoms with Gasteiger partial charge in [0.05, 0.1) is 27.8 Å². The maximum absolute atomic E-state index is 4.72. The zero-order chi connectivity index (χ0) is 30.9. The van der Waals surface area contributed by atoms with Crippen molar-refractivity contribution in [2.75, 3.05) is 0 Å². The number of nitrogens with zero attached hydrogens (tertiary/aromatic N) is 3. The summed E-state index contributed by atoms with van der Waals surface area (Å²) in [6.07, 6.45) is 3.55. The normalized spacial score (nSPS) is 11.8. The summed E-state index contributed by atoms with van der Waals surface area (Å²) in [7, 11) is 0. The Balaban J connectivity index is 1.09. The molecule has 0 aliphatic heterocycles. The van der Waals surface area contributed by atoms with Crippen LogP contribution in [-0.4, -0.2) is 14.5 Å². The summed E-state index contributed by atoms with van der Waals surface area (Å²) < 4.78 is 2.41. The van der Waals surface area contributed by atoms with E-state index in [9.17, 15) is 0 Å². The van der Waals surface area contributed by atoms with Crippen LogP contribution in [0, 0.1) is 0 Å². The van der Waals surface area contributed by atoms with Crippen molar-refractivity contribution in [1.29, 1.82) is 0 Å². The van der Waals surface area contributed by atoms with Crippen LogP contribution < -0.4 is 0 Å². The van der Waals surface area contributed by atoms with Crippen LogP contribution in [0.1, 0.15) is 0 Å². The molecule has 8 aromatic carbocycles. The highest BCUT2D eigenvalue weighted by Crippen LogP contribution is 2.38. The summed E-state index contributed by atoms with van der Waals surface area (Å²) in [6.45, 7) is 0. The van der Waals surface area contributed by atoms with Crippen LogP contribution in [0.2, 0.25) is 0 Å². The average molecular weight is 598 g/mol. The van der Waals surface area contributed by atoms with E-state index in [2.05, 4.69) is 161 Å². The lowest BCUT2D eigenvalue weighted by Gasteiger charge is -2.12. The van der Waals surface area contributed by atoms with Crippen LogP contribution in [0.5, 0.6) is 0 Å². The summed E-state index contributed by atoms with van der Waals surface area (Å²) >= 11 is 0. The first-order valence-electron chi connectivity index (χ1n) is 16.0. The Hall–Kier alpha value is -6.32. The molecule has 0 spiro atoms. The molecular weight excluding hydrogens is 571 g/mol. The molecule has 0 aliphatic rings. The van der Waals surface area contributed by atoms with Gasteiger partial charge in [0.15, 0.2) is 0 Å². The van der Waals surface area contributed by atoms with E-state index in [1.807, 2.05) is 0 Å². The smallest absolute Gasteiger partial charge is 0.0971 e. The van der Waals surface area contributed by atoms with Crippen molar-refractivity contribution >= 4 is 65.2 Å². The van der Waals surface area contributed by atoms with Crippen molar-refractivity contribution in [1.82, 2.24) is 14.5 Å². The number of hydrogen-bond donors (Lipinski definition) is 0. The molecular formula is C44H27N3. The Morgan fingerprint density at radius 1 is 0.340 bits per heavy atom. The van der Waals surface area contributed by atoms with Gasteiger partial charge in [-0.3, -0.25) is 9.97 Å². The lowest BCUT2D eigenvalue weighted by molar-refractivity contribution is 1.20. The van der Waals surface area contributed by atoms with E-state index < -0.39 is 0 Å². The van der Waals surface area contributed by atoms with Gasteiger partial charge in [0.1, 0.15) is 0 Å². The second-order valence-corrected chi connectivity index (χ2v) is 12.2. The molecule has 218 valence electrons. The molecule has 2 heterocycles. The monoisotopic (exact) mass is 597 g/mol. The van der Waals surface area contributed by atoms with E-state index in [1.54, 1.807) is 12.4 Å². The number of benzene rings is 8. The van der Waals surface area contributed by atoms with Crippen LogP contribution in [-0.2, 0) is 0 Å². The first kappa shape index (κ1) is 26.0. The lowest BCUT2D eigenvalue weighted by Crippen LogP contribution is -1.95. The number of para-hydroxylation sites is 1. The number of aromatic nitrogens is 3. The van der Waals surface area contributed by atoms with E-state index in [4.69, 9.17) is 4.98 Å². The molecule has 0 radical (unpaired) electrons. The summed E-state index contributed by atoms with van der Waals surface area (Å²) in [5.74, 6) is 0. The van der Waals surface area contributed by atoms with E-state index in [0.717, 1.165) is 21.8 Å². The van der Waals surface area contributed by atoms with Gasteiger partial charge in [0.2, 0.25) is 0 Å². The lowest BCUT2D eigenvalue weighted by atomic mass is 9.94. The minimum atomic E-state index is 0.945. The van der Waals surface area contributed by atoms with Crippen molar-refractivity contribution < 1.29 is 0 Å². The predicted octanol–water partition coefficient (Wildman–Crippen LogP) is 11.5. The largest absolute Gasteiger partial charge is 0.309 e. The van der Waals surface area contributed by atoms with E-state index >= 15 is 0 Å². The summed E-state index contributed by atoms with van der Waals surface area (Å²) in [4.78, 5) is 9.39. The quantitative estimate of drug-likeness (QED) is 0.190. The summed E-state index contributed by atoms with van der Waals surface area (Å²) in [5, 5.41) is 9.67. The van der Waals surface area contributed by atoms with Crippen molar-refractivity contribution in [3.05, 3.63) is 164 Å². The molecule has 47 heavy (non-hydrogen) atoms. The molecule has 0 fully saturated rings. The second-order valence-electron chi connectivity index (χ2n) is 12.2. The fourth-order valence-corrected chi connectivity index (χ4v) is 7.48. The molecule has 0 saturated heterocycles. The van der Waals surface area contributed by atoms with Crippen LogP contribution >= 0.6 is 0 Å². The van der Waals surface area contributed by atoms with E-state index in [-0.39, 0.29) is 0 Å². The molecule has 0 N–H and O–H groups in total. The average Bonchev–Trinajstić information content (AvgIpc) is 3.48. The maximum atomic E-state index is 4.72. The molecule has 0 saturated carbocycles. The molecule has 10 rings (SSSR count). The Morgan fingerprint density at radius 2 is 0.872 bits per heavy atom. The van der Waals surface area contributed by atoms with Gasteiger partial charge in [0, 0.05) is 39.3 Å². The van der Waals surface area contributed by atoms with Gasteiger partial charge in [-0.1, -0.05) is 121 Å². The predicted molar refractivity (Wildman–Crippen MR) is 197 cm³/mol. The van der Waals surface area contributed by atoms with Crippen molar-refractivity contribution in [2.45, 2.75) is 0 Å². The molecule has 2 aromatic heterocycles. The summed E-state index contributed by atoms with van der Waals surface area (Å²) in [6, 6.07) is 55.0. The van der Waals surface area contributed by atoms with Gasteiger partial charge in [-0.25, -0.2) is 0 Å². The molecule has 3 nitrogen and oxygen atoms in total. The van der Waals surface area contributed by atoms with Gasteiger partial charge in [-0.05, 0) is 68.7 Å².